The highest BCUT2D eigenvalue weighted by Gasteiger charge is 2.16. The molecule has 0 radical (unpaired) electrons. The van der Waals surface area contributed by atoms with Gasteiger partial charge in [0.2, 0.25) is 5.28 Å². The minimum atomic E-state index is 0.305. The number of aryl methyl sites for hydroxylation is 1. The fraction of sp³-hybridized carbons (Fsp3) is 0.636. The van der Waals surface area contributed by atoms with Gasteiger partial charge in [-0.05, 0) is 47.3 Å². The fourth-order valence-electron chi connectivity index (χ4n) is 2.06. The maximum atomic E-state index is 5.86. The van der Waals surface area contributed by atoms with Crippen molar-refractivity contribution in [3.63, 3.8) is 0 Å². The predicted octanol–water partition coefficient (Wildman–Crippen LogP) is 3.95. The summed E-state index contributed by atoms with van der Waals surface area (Å²) in [5, 5.41) is 3.75. The van der Waals surface area contributed by atoms with Crippen molar-refractivity contribution in [1.29, 1.82) is 0 Å². The zero-order chi connectivity index (χ0) is 11.5. The van der Waals surface area contributed by atoms with Crippen molar-refractivity contribution in [1.82, 2.24) is 9.97 Å². The lowest BCUT2D eigenvalue weighted by molar-refractivity contribution is 0.461. The van der Waals surface area contributed by atoms with E-state index in [1.807, 2.05) is 6.92 Å². The zero-order valence-corrected chi connectivity index (χ0v) is 11.6. The van der Waals surface area contributed by atoms with Crippen LogP contribution in [0.15, 0.2) is 4.47 Å². The largest absolute Gasteiger partial charge is 0.366 e. The van der Waals surface area contributed by atoms with E-state index in [0.717, 1.165) is 16.0 Å². The number of hydrogen-bond acceptors (Lipinski definition) is 3. The third-order valence-electron chi connectivity index (χ3n) is 2.94. The van der Waals surface area contributed by atoms with Crippen LogP contribution in [0.3, 0.4) is 0 Å². The van der Waals surface area contributed by atoms with Gasteiger partial charge in [-0.15, -0.1) is 0 Å². The normalized spacial score (nSPS) is 17.4. The summed E-state index contributed by atoms with van der Waals surface area (Å²) in [6.07, 6.45) is 6.38. The summed E-state index contributed by atoms with van der Waals surface area (Å²) in [5.74, 6) is 0.824. The van der Waals surface area contributed by atoms with Crippen LogP contribution in [0.5, 0.6) is 0 Å². The van der Waals surface area contributed by atoms with Gasteiger partial charge in [0, 0.05) is 6.04 Å². The van der Waals surface area contributed by atoms with Gasteiger partial charge in [-0.25, -0.2) is 4.98 Å². The number of nitrogens with zero attached hydrogens (tertiary/aromatic N) is 2. The van der Waals surface area contributed by atoms with Crippen molar-refractivity contribution in [2.24, 2.45) is 0 Å². The molecule has 1 aliphatic carbocycles. The molecule has 1 fully saturated rings. The number of anilines is 1. The van der Waals surface area contributed by atoms with Crippen LogP contribution in [0.1, 0.15) is 37.8 Å². The maximum Gasteiger partial charge on any atom is 0.224 e. The molecular formula is C11H15BrClN3. The van der Waals surface area contributed by atoms with Crippen LogP contribution in [0.4, 0.5) is 5.82 Å². The van der Waals surface area contributed by atoms with Gasteiger partial charge in [0.15, 0.2) is 0 Å². The van der Waals surface area contributed by atoms with Gasteiger partial charge in [-0.1, -0.05) is 19.3 Å². The van der Waals surface area contributed by atoms with Crippen LogP contribution >= 0.6 is 27.5 Å². The van der Waals surface area contributed by atoms with Crippen LogP contribution in [0.2, 0.25) is 5.28 Å². The van der Waals surface area contributed by atoms with E-state index in [1.54, 1.807) is 0 Å². The molecule has 5 heteroatoms. The first kappa shape index (κ1) is 12.1. The lowest BCUT2D eigenvalue weighted by Crippen LogP contribution is -2.23. The predicted molar refractivity (Wildman–Crippen MR) is 70.0 cm³/mol. The lowest BCUT2D eigenvalue weighted by atomic mass is 9.95. The summed E-state index contributed by atoms with van der Waals surface area (Å²) in [4.78, 5) is 8.32. The molecule has 0 aliphatic heterocycles. The Labute approximate surface area is 109 Å². The summed E-state index contributed by atoms with van der Waals surface area (Å²) in [7, 11) is 0. The highest BCUT2D eigenvalue weighted by atomic mass is 79.9. The van der Waals surface area contributed by atoms with Crippen LogP contribution in [0.25, 0.3) is 0 Å². The standard InChI is InChI=1S/C11H15BrClN3/c1-7-9(12)10(16-11(13)14-7)15-8-5-3-2-4-6-8/h8H,2-6H2,1H3,(H,14,15,16). The Morgan fingerprint density at radius 2 is 1.94 bits per heavy atom. The first-order valence-electron chi connectivity index (χ1n) is 5.63. The smallest absolute Gasteiger partial charge is 0.224 e. The minimum absolute atomic E-state index is 0.305. The Hall–Kier alpha value is -0.350. The highest BCUT2D eigenvalue weighted by molar-refractivity contribution is 9.10. The van der Waals surface area contributed by atoms with Crippen LogP contribution in [0, 0.1) is 6.92 Å². The van der Waals surface area contributed by atoms with E-state index in [1.165, 1.54) is 32.1 Å². The molecule has 3 nitrogen and oxygen atoms in total. The molecule has 0 unspecified atom stereocenters. The number of nitrogens with one attached hydrogen (secondary N) is 1. The Morgan fingerprint density at radius 1 is 1.25 bits per heavy atom. The molecule has 0 aromatic carbocycles. The molecule has 0 spiro atoms. The summed E-state index contributed by atoms with van der Waals surface area (Å²) >= 11 is 9.35. The molecule has 0 amide bonds. The summed E-state index contributed by atoms with van der Waals surface area (Å²) in [5.41, 5.74) is 0.873. The average molecular weight is 305 g/mol. The minimum Gasteiger partial charge on any atom is -0.366 e. The Balaban J connectivity index is 2.13. The van der Waals surface area contributed by atoms with Gasteiger partial charge in [-0.2, -0.15) is 4.98 Å². The lowest BCUT2D eigenvalue weighted by Gasteiger charge is -2.24. The van der Waals surface area contributed by atoms with Crippen LogP contribution < -0.4 is 5.32 Å². The summed E-state index contributed by atoms with van der Waals surface area (Å²) in [6, 6.07) is 0.524. The number of halogens is 2. The number of hydrogen-bond donors (Lipinski definition) is 1. The van der Waals surface area contributed by atoms with Gasteiger partial charge in [0.05, 0.1) is 10.2 Å². The van der Waals surface area contributed by atoms with E-state index >= 15 is 0 Å². The SMILES string of the molecule is Cc1nc(Cl)nc(NC2CCCCC2)c1Br. The highest BCUT2D eigenvalue weighted by Crippen LogP contribution is 2.28. The average Bonchev–Trinajstić information content (AvgIpc) is 2.27. The summed E-state index contributed by atoms with van der Waals surface area (Å²) < 4.78 is 0.919. The Bertz CT molecular complexity index is 378. The second-order valence-electron chi connectivity index (χ2n) is 4.22. The molecule has 2 rings (SSSR count). The third kappa shape index (κ3) is 2.86. The van der Waals surface area contributed by atoms with E-state index in [4.69, 9.17) is 11.6 Å². The van der Waals surface area contributed by atoms with Gasteiger partial charge in [-0.3, -0.25) is 0 Å². The van der Waals surface area contributed by atoms with Gasteiger partial charge >= 0.3 is 0 Å². The second kappa shape index (κ2) is 5.32. The molecule has 0 saturated heterocycles. The van der Waals surface area contributed by atoms with E-state index in [-0.39, 0.29) is 0 Å². The molecule has 88 valence electrons. The third-order valence-corrected chi connectivity index (χ3v) is 4.05. The van der Waals surface area contributed by atoms with E-state index in [0.29, 0.717) is 11.3 Å². The molecular weight excluding hydrogens is 289 g/mol. The first-order chi connectivity index (χ1) is 7.66. The monoisotopic (exact) mass is 303 g/mol. The molecule has 0 bridgehead atoms. The van der Waals surface area contributed by atoms with Crippen molar-refractivity contribution in [3.8, 4) is 0 Å². The van der Waals surface area contributed by atoms with E-state index in [2.05, 4.69) is 31.2 Å². The van der Waals surface area contributed by atoms with E-state index < -0.39 is 0 Å². The van der Waals surface area contributed by atoms with Crippen LogP contribution in [-0.4, -0.2) is 16.0 Å². The molecule has 1 heterocycles. The molecule has 1 saturated carbocycles. The Morgan fingerprint density at radius 3 is 2.62 bits per heavy atom. The Kier molecular flexibility index (Phi) is 4.03. The zero-order valence-electron chi connectivity index (χ0n) is 9.26. The van der Waals surface area contributed by atoms with Crippen molar-refractivity contribution < 1.29 is 0 Å². The van der Waals surface area contributed by atoms with Gasteiger partial charge < -0.3 is 5.32 Å². The van der Waals surface area contributed by atoms with Crippen molar-refractivity contribution in [2.75, 3.05) is 5.32 Å². The molecule has 16 heavy (non-hydrogen) atoms. The number of aromatic nitrogens is 2. The van der Waals surface area contributed by atoms with E-state index in [9.17, 15) is 0 Å². The van der Waals surface area contributed by atoms with Crippen LogP contribution in [-0.2, 0) is 0 Å². The van der Waals surface area contributed by atoms with Crippen molar-refractivity contribution >= 4 is 33.3 Å². The van der Waals surface area contributed by atoms with Crippen molar-refractivity contribution in [3.05, 3.63) is 15.5 Å². The molecule has 1 aromatic heterocycles. The summed E-state index contributed by atoms with van der Waals surface area (Å²) in [6.45, 7) is 1.92. The van der Waals surface area contributed by atoms with Gasteiger partial charge in [0.1, 0.15) is 5.82 Å². The molecule has 1 N–H and O–H groups in total. The first-order valence-corrected chi connectivity index (χ1v) is 6.80. The topological polar surface area (TPSA) is 37.8 Å². The molecule has 1 aromatic rings. The quantitative estimate of drug-likeness (QED) is 0.841. The fourth-order valence-corrected chi connectivity index (χ4v) is 2.56. The molecule has 0 atom stereocenters. The van der Waals surface area contributed by atoms with Crippen molar-refractivity contribution in [2.45, 2.75) is 45.1 Å². The molecule has 1 aliphatic rings. The second-order valence-corrected chi connectivity index (χ2v) is 5.35. The maximum absolute atomic E-state index is 5.86. The number of rotatable bonds is 2. The van der Waals surface area contributed by atoms with Gasteiger partial charge in [0.25, 0.3) is 0 Å².